The van der Waals surface area contributed by atoms with Crippen LogP contribution in [-0.2, 0) is 12.0 Å². The van der Waals surface area contributed by atoms with E-state index in [-0.39, 0.29) is 5.41 Å². The Labute approximate surface area is 163 Å². The number of hydrogen-bond donors (Lipinski definition) is 2. The molecule has 136 valence electrons. The summed E-state index contributed by atoms with van der Waals surface area (Å²) >= 11 is 3.46. The average Bonchev–Trinajstić information content (AvgIpc) is 3.35. The molecule has 0 aliphatic rings. The summed E-state index contributed by atoms with van der Waals surface area (Å²) in [5.41, 5.74) is 2.23. The fraction of sp³-hybridized carbons (Fsp3) is 0.300. The van der Waals surface area contributed by atoms with Crippen LogP contribution in [0, 0.1) is 0 Å². The molecule has 0 saturated heterocycles. The van der Waals surface area contributed by atoms with Crippen LogP contribution in [0.4, 0.5) is 0 Å². The third-order valence-corrected chi connectivity index (χ3v) is 6.22. The maximum absolute atomic E-state index is 4.71. The number of nitrogens with one attached hydrogen (secondary N) is 2. The summed E-state index contributed by atoms with van der Waals surface area (Å²) in [5.74, 6) is 0.797. The monoisotopic (exact) mass is 384 g/mol. The van der Waals surface area contributed by atoms with Crippen LogP contribution in [0.15, 0.2) is 58.2 Å². The van der Waals surface area contributed by atoms with E-state index in [0.717, 1.165) is 28.8 Å². The minimum absolute atomic E-state index is 0.0629. The standard InChI is InChI=1S/C20H24N4S2/c1-20(2,17-10-7-11-25-17)14-23-19(21-3)22-12-18-24-16(13-26-18)15-8-5-4-6-9-15/h4-11,13H,12,14H2,1-3H3,(H2,21,22,23). The number of thiazole rings is 1. The van der Waals surface area contributed by atoms with Crippen molar-refractivity contribution in [2.24, 2.45) is 4.99 Å². The Kier molecular flexibility index (Phi) is 6.06. The highest BCUT2D eigenvalue weighted by Gasteiger charge is 2.21. The molecule has 2 aromatic heterocycles. The molecule has 26 heavy (non-hydrogen) atoms. The van der Waals surface area contributed by atoms with Crippen molar-refractivity contribution in [2.45, 2.75) is 25.8 Å². The van der Waals surface area contributed by atoms with Crippen LogP contribution in [0.5, 0.6) is 0 Å². The third-order valence-electron chi connectivity index (χ3n) is 4.14. The van der Waals surface area contributed by atoms with Crippen molar-refractivity contribution >= 4 is 28.6 Å². The van der Waals surface area contributed by atoms with E-state index in [2.05, 4.69) is 64.5 Å². The van der Waals surface area contributed by atoms with Gasteiger partial charge in [-0.25, -0.2) is 4.98 Å². The molecule has 1 aromatic carbocycles. The molecule has 2 heterocycles. The van der Waals surface area contributed by atoms with Gasteiger partial charge in [0.25, 0.3) is 0 Å². The first kappa shape index (κ1) is 18.6. The predicted molar refractivity (Wildman–Crippen MR) is 113 cm³/mol. The summed E-state index contributed by atoms with van der Waals surface area (Å²) in [4.78, 5) is 10.4. The summed E-state index contributed by atoms with van der Waals surface area (Å²) in [7, 11) is 1.80. The Morgan fingerprint density at radius 2 is 1.88 bits per heavy atom. The SMILES string of the molecule is CN=C(NCc1nc(-c2ccccc2)cs1)NCC(C)(C)c1cccs1. The number of aromatic nitrogens is 1. The van der Waals surface area contributed by atoms with Crippen LogP contribution < -0.4 is 10.6 Å². The lowest BCUT2D eigenvalue weighted by Crippen LogP contribution is -2.42. The maximum Gasteiger partial charge on any atom is 0.191 e. The van der Waals surface area contributed by atoms with Crippen molar-refractivity contribution in [3.05, 3.63) is 63.1 Å². The van der Waals surface area contributed by atoms with Crippen LogP contribution in [0.25, 0.3) is 11.3 Å². The molecule has 0 aliphatic heterocycles. The largest absolute Gasteiger partial charge is 0.356 e. The predicted octanol–water partition coefficient (Wildman–Crippen LogP) is 4.51. The molecule has 0 fully saturated rings. The lowest BCUT2D eigenvalue weighted by molar-refractivity contribution is 0.518. The van der Waals surface area contributed by atoms with Gasteiger partial charge in [-0.3, -0.25) is 4.99 Å². The molecule has 0 radical (unpaired) electrons. The molecular formula is C20H24N4S2. The first-order chi connectivity index (χ1) is 12.6. The summed E-state index contributed by atoms with van der Waals surface area (Å²) in [6, 6.07) is 14.5. The molecule has 0 amide bonds. The first-order valence-corrected chi connectivity index (χ1v) is 10.3. The van der Waals surface area contributed by atoms with Gasteiger partial charge in [-0.05, 0) is 11.4 Å². The number of rotatable bonds is 6. The van der Waals surface area contributed by atoms with Gasteiger partial charge in [0.1, 0.15) is 5.01 Å². The molecule has 0 spiro atoms. The van der Waals surface area contributed by atoms with Gasteiger partial charge in [0.05, 0.1) is 12.2 Å². The topological polar surface area (TPSA) is 49.3 Å². The fourth-order valence-corrected chi connectivity index (χ4v) is 4.16. The van der Waals surface area contributed by atoms with Gasteiger partial charge in [-0.2, -0.15) is 0 Å². The number of aliphatic imine (C=N–C) groups is 1. The second-order valence-corrected chi connectivity index (χ2v) is 8.52. The Hall–Kier alpha value is -2.18. The Balaban J connectivity index is 1.54. The molecule has 4 nitrogen and oxygen atoms in total. The lowest BCUT2D eigenvalue weighted by atomic mass is 9.91. The zero-order valence-corrected chi connectivity index (χ0v) is 17.0. The zero-order valence-electron chi connectivity index (χ0n) is 15.3. The van der Waals surface area contributed by atoms with Crippen molar-refractivity contribution < 1.29 is 0 Å². The Morgan fingerprint density at radius 3 is 2.58 bits per heavy atom. The van der Waals surface area contributed by atoms with E-state index in [4.69, 9.17) is 4.98 Å². The second-order valence-electron chi connectivity index (χ2n) is 6.63. The van der Waals surface area contributed by atoms with Gasteiger partial charge in [-0.15, -0.1) is 22.7 Å². The Morgan fingerprint density at radius 1 is 1.08 bits per heavy atom. The van der Waals surface area contributed by atoms with Crippen LogP contribution in [0.3, 0.4) is 0 Å². The normalized spacial score (nSPS) is 12.2. The maximum atomic E-state index is 4.71. The van der Waals surface area contributed by atoms with E-state index >= 15 is 0 Å². The van der Waals surface area contributed by atoms with Crippen LogP contribution in [0.2, 0.25) is 0 Å². The summed E-state index contributed by atoms with van der Waals surface area (Å²) < 4.78 is 0. The van der Waals surface area contributed by atoms with Crippen molar-refractivity contribution in [3.8, 4) is 11.3 Å². The quantitative estimate of drug-likeness (QED) is 0.485. The number of benzene rings is 1. The lowest BCUT2D eigenvalue weighted by Gasteiger charge is -2.24. The van der Waals surface area contributed by atoms with Gasteiger partial charge in [0.15, 0.2) is 5.96 Å². The molecule has 0 bridgehead atoms. The highest BCUT2D eigenvalue weighted by molar-refractivity contribution is 7.10. The minimum Gasteiger partial charge on any atom is -0.356 e. The zero-order chi connectivity index (χ0) is 18.4. The van der Waals surface area contributed by atoms with Crippen LogP contribution >= 0.6 is 22.7 Å². The summed E-state index contributed by atoms with van der Waals surface area (Å²) in [5, 5.41) is 12.1. The highest BCUT2D eigenvalue weighted by atomic mass is 32.1. The molecule has 3 aromatic rings. The summed E-state index contributed by atoms with van der Waals surface area (Å²) in [6.07, 6.45) is 0. The van der Waals surface area contributed by atoms with Crippen molar-refractivity contribution in [2.75, 3.05) is 13.6 Å². The van der Waals surface area contributed by atoms with Gasteiger partial charge in [-0.1, -0.05) is 50.2 Å². The van der Waals surface area contributed by atoms with Gasteiger partial charge < -0.3 is 10.6 Å². The van der Waals surface area contributed by atoms with Crippen molar-refractivity contribution in [1.82, 2.24) is 15.6 Å². The minimum atomic E-state index is 0.0629. The smallest absolute Gasteiger partial charge is 0.191 e. The van der Waals surface area contributed by atoms with Crippen LogP contribution in [-0.4, -0.2) is 24.5 Å². The van der Waals surface area contributed by atoms with Gasteiger partial charge in [0, 0.05) is 34.8 Å². The number of nitrogens with zero attached hydrogens (tertiary/aromatic N) is 2. The number of hydrogen-bond acceptors (Lipinski definition) is 4. The third kappa shape index (κ3) is 4.71. The van der Waals surface area contributed by atoms with Crippen molar-refractivity contribution in [1.29, 1.82) is 0 Å². The molecule has 6 heteroatoms. The second kappa shape index (κ2) is 8.47. The number of guanidine groups is 1. The average molecular weight is 385 g/mol. The number of thiophene rings is 1. The van der Waals surface area contributed by atoms with E-state index in [9.17, 15) is 0 Å². The van der Waals surface area contributed by atoms with Gasteiger partial charge in [0.2, 0.25) is 0 Å². The van der Waals surface area contributed by atoms with Gasteiger partial charge >= 0.3 is 0 Å². The molecule has 2 N–H and O–H groups in total. The van der Waals surface area contributed by atoms with E-state index in [0.29, 0.717) is 6.54 Å². The first-order valence-electron chi connectivity index (χ1n) is 8.57. The van der Waals surface area contributed by atoms with Crippen LogP contribution in [0.1, 0.15) is 23.7 Å². The molecule has 0 aliphatic carbocycles. The van der Waals surface area contributed by atoms with E-state index in [1.54, 1.807) is 29.7 Å². The molecule has 3 rings (SSSR count). The van der Waals surface area contributed by atoms with E-state index in [1.807, 2.05) is 18.2 Å². The van der Waals surface area contributed by atoms with E-state index in [1.165, 1.54) is 4.88 Å². The molecule has 0 unspecified atom stereocenters. The molecule has 0 saturated carbocycles. The van der Waals surface area contributed by atoms with Crippen molar-refractivity contribution in [3.63, 3.8) is 0 Å². The van der Waals surface area contributed by atoms with E-state index < -0.39 is 0 Å². The summed E-state index contributed by atoms with van der Waals surface area (Å²) in [6.45, 7) is 5.97. The molecule has 0 atom stereocenters. The molecular weight excluding hydrogens is 360 g/mol. The Bertz CT molecular complexity index is 836. The fourth-order valence-electron chi connectivity index (χ4n) is 2.57. The highest BCUT2D eigenvalue weighted by Crippen LogP contribution is 2.26.